The molecule has 2 heterocycles. The Bertz CT molecular complexity index is 817. The van der Waals surface area contributed by atoms with Crippen LogP contribution in [0.1, 0.15) is 10.4 Å². The predicted octanol–water partition coefficient (Wildman–Crippen LogP) is 1.04. The minimum atomic E-state index is -3.86. The lowest BCUT2D eigenvalue weighted by atomic mass is 10.1. The molecule has 0 saturated carbocycles. The molecule has 0 fully saturated rings. The molecule has 0 bridgehead atoms. The Kier molecular flexibility index (Phi) is 2.70. The highest BCUT2D eigenvalue weighted by atomic mass is 32.2. The minimum absolute atomic E-state index is 0.118. The molecule has 0 radical (unpaired) electrons. The number of aromatic nitrogens is 1. The number of sulfonamides is 1. The molecule has 1 aromatic heterocycles. The van der Waals surface area contributed by atoms with E-state index in [2.05, 4.69) is 15.6 Å². The molecule has 8 heteroatoms. The van der Waals surface area contributed by atoms with Gasteiger partial charge < -0.3 is 10.6 Å². The highest BCUT2D eigenvalue weighted by molar-refractivity contribution is 7.89. The first kappa shape index (κ1) is 12.6. The van der Waals surface area contributed by atoms with E-state index in [1.807, 2.05) is 0 Å². The molecule has 4 N–H and O–H groups in total. The molecule has 2 aromatic rings. The molecule has 1 aliphatic heterocycles. The van der Waals surface area contributed by atoms with Crippen LogP contribution in [0.3, 0.4) is 0 Å². The van der Waals surface area contributed by atoms with E-state index in [1.54, 1.807) is 18.3 Å². The summed E-state index contributed by atoms with van der Waals surface area (Å²) in [4.78, 5) is 16.1. The van der Waals surface area contributed by atoms with Crippen molar-refractivity contribution in [2.45, 2.75) is 4.90 Å². The van der Waals surface area contributed by atoms with Crippen LogP contribution in [0.15, 0.2) is 41.4 Å². The van der Waals surface area contributed by atoms with Crippen molar-refractivity contribution in [3.63, 3.8) is 0 Å². The molecule has 20 heavy (non-hydrogen) atoms. The van der Waals surface area contributed by atoms with E-state index < -0.39 is 15.9 Å². The molecule has 0 saturated heterocycles. The summed E-state index contributed by atoms with van der Waals surface area (Å²) in [7, 11) is -3.86. The molecule has 1 amide bonds. The number of nitrogens with one attached hydrogen (secondary N) is 2. The number of amides is 1. The molecule has 7 nitrogen and oxygen atoms in total. The summed E-state index contributed by atoms with van der Waals surface area (Å²) in [5.74, 6) is 0.0627. The van der Waals surface area contributed by atoms with Gasteiger partial charge in [0, 0.05) is 6.20 Å². The summed E-state index contributed by atoms with van der Waals surface area (Å²) in [5.41, 5.74) is 1.17. The molecule has 0 aliphatic carbocycles. The number of benzene rings is 1. The second-order valence-corrected chi connectivity index (χ2v) is 5.79. The summed E-state index contributed by atoms with van der Waals surface area (Å²) in [5, 5.41) is 10.7. The van der Waals surface area contributed by atoms with Gasteiger partial charge in [0.25, 0.3) is 5.91 Å². The third kappa shape index (κ3) is 2.10. The van der Waals surface area contributed by atoms with Crippen molar-refractivity contribution in [3.8, 4) is 0 Å². The molecule has 0 atom stereocenters. The third-order valence-electron chi connectivity index (χ3n) is 2.87. The second-order valence-electron chi connectivity index (χ2n) is 4.23. The first-order valence-electron chi connectivity index (χ1n) is 5.65. The lowest BCUT2D eigenvalue weighted by Crippen LogP contribution is -2.15. The fourth-order valence-corrected chi connectivity index (χ4v) is 2.46. The summed E-state index contributed by atoms with van der Waals surface area (Å²) >= 11 is 0. The van der Waals surface area contributed by atoms with E-state index in [4.69, 9.17) is 5.14 Å². The van der Waals surface area contributed by atoms with Crippen molar-refractivity contribution in [2.75, 3.05) is 10.6 Å². The Hall–Kier alpha value is -2.45. The maximum absolute atomic E-state index is 12.1. The van der Waals surface area contributed by atoms with Crippen LogP contribution in [0.5, 0.6) is 0 Å². The minimum Gasteiger partial charge on any atom is -0.338 e. The number of hydrogen-bond acceptors (Lipinski definition) is 5. The lowest BCUT2D eigenvalue weighted by molar-refractivity contribution is 0.102. The van der Waals surface area contributed by atoms with Crippen LogP contribution in [-0.2, 0) is 10.0 Å². The number of rotatable bonds is 1. The van der Waals surface area contributed by atoms with E-state index in [1.165, 1.54) is 18.2 Å². The second kappa shape index (κ2) is 4.29. The van der Waals surface area contributed by atoms with Gasteiger partial charge in [-0.05, 0) is 30.3 Å². The van der Waals surface area contributed by atoms with Gasteiger partial charge in [0.15, 0.2) is 5.82 Å². The monoisotopic (exact) mass is 290 g/mol. The largest absolute Gasteiger partial charge is 0.338 e. The number of carbonyl (C=O) groups is 1. The third-order valence-corrected chi connectivity index (χ3v) is 3.78. The smallest absolute Gasteiger partial charge is 0.257 e. The Morgan fingerprint density at radius 3 is 2.65 bits per heavy atom. The molecule has 3 rings (SSSR count). The van der Waals surface area contributed by atoms with Gasteiger partial charge in [-0.1, -0.05) is 0 Å². The fourth-order valence-electron chi connectivity index (χ4n) is 1.92. The summed E-state index contributed by atoms with van der Waals surface area (Å²) in [6, 6.07) is 7.44. The molecule has 0 spiro atoms. The van der Waals surface area contributed by atoms with Gasteiger partial charge in [-0.15, -0.1) is 0 Å². The van der Waals surface area contributed by atoms with Crippen molar-refractivity contribution < 1.29 is 13.2 Å². The maximum atomic E-state index is 12.1. The number of hydrogen-bond donors (Lipinski definition) is 3. The maximum Gasteiger partial charge on any atom is 0.257 e. The summed E-state index contributed by atoms with van der Waals surface area (Å²) < 4.78 is 22.7. The molecule has 1 aromatic carbocycles. The fraction of sp³-hybridized carbons (Fsp3) is 0. The zero-order chi connectivity index (χ0) is 14.3. The van der Waals surface area contributed by atoms with E-state index in [0.717, 1.165) is 0 Å². The number of pyridine rings is 1. The van der Waals surface area contributed by atoms with Crippen LogP contribution < -0.4 is 15.8 Å². The zero-order valence-electron chi connectivity index (χ0n) is 10.1. The Balaban J connectivity index is 2.16. The predicted molar refractivity (Wildman–Crippen MR) is 73.3 cm³/mol. The van der Waals surface area contributed by atoms with Crippen molar-refractivity contribution in [1.29, 1.82) is 0 Å². The number of fused-ring (bicyclic) bond motifs is 2. The van der Waals surface area contributed by atoms with Gasteiger partial charge in [0.2, 0.25) is 10.0 Å². The lowest BCUT2D eigenvalue weighted by Gasteiger charge is -2.07. The number of nitrogens with zero attached hydrogens (tertiary/aromatic N) is 1. The number of carbonyl (C=O) groups excluding carboxylic acids is 1. The highest BCUT2D eigenvalue weighted by Gasteiger charge is 2.21. The zero-order valence-corrected chi connectivity index (χ0v) is 10.9. The van der Waals surface area contributed by atoms with Crippen molar-refractivity contribution in [3.05, 3.63) is 42.1 Å². The van der Waals surface area contributed by atoms with Crippen molar-refractivity contribution in [1.82, 2.24) is 4.98 Å². The van der Waals surface area contributed by atoms with Crippen LogP contribution in [0.2, 0.25) is 0 Å². The van der Waals surface area contributed by atoms with Gasteiger partial charge in [-0.2, -0.15) is 0 Å². The van der Waals surface area contributed by atoms with Gasteiger partial charge in [-0.3, -0.25) is 4.79 Å². The quantitative estimate of drug-likeness (QED) is 0.726. The van der Waals surface area contributed by atoms with Crippen LogP contribution in [0, 0.1) is 0 Å². The standard InChI is InChI=1S/C12H10N4O3S/c13-20(18,19)7-3-4-9-8(6-7)12(17)16-10-2-1-5-14-11(10)15-9/h1-6H,(H,14,15)(H,16,17)(H2,13,18,19). The average molecular weight is 290 g/mol. The van der Waals surface area contributed by atoms with Crippen molar-refractivity contribution in [2.24, 2.45) is 5.14 Å². The summed E-state index contributed by atoms with van der Waals surface area (Å²) in [6.07, 6.45) is 1.59. The van der Waals surface area contributed by atoms with Crippen LogP contribution >= 0.6 is 0 Å². The molecular formula is C12H10N4O3S. The molecular weight excluding hydrogens is 280 g/mol. The van der Waals surface area contributed by atoms with Crippen molar-refractivity contribution >= 4 is 33.1 Å². The van der Waals surface area contributed by atoms with E-state index in [9.17, 15) is 13.2 Å². The SMILES string of the molecule is NS(=O)(=O)c1ccc2c(c1)C(=O)Nc1cccnc1N2. The van der Waals surface area contributed by atoms with Gasteiger partial charge in [0.05, 0.1) is 21.8 Å². The van der Waals surface area contributed by atoms with E-state index >= 15 is 0 Å². The molecule has 0 unspecified atom stereocenters. The van der Waals surface area contributed by atoms with E-state index in [-0.39, 0.29) is 10.5 Å². The van der Waals surface area contributed by atoms with Gasteiger partial charge in [-0.25, -0.2) is 18.5 Å². The first-order chi connectivity index (χ1) is 9.45. The van der Waals surface area contributed by atoms with Crippen LogP contribution in [-0.4, -0.2) is 19.3 Å². The van der Waals surface area contributed by atoms with Crippen LogP contribution in [0.25, 0.3) is 0 Å². The topological polar surface area (TPSA) is 114 Å². The normalized spacial score (nSPS) is 13.6. The number of primary sulfonamides is 1. The van der Waals surface area contributed by atoms with Crippen LogP contribution in [0.4, 0.5) is 17.2 Å². The Labute approximate surface area is 114 Å². The molecule has 1 aliphatic rings. The molecule has 102 valence electrons. The van der Waals surface area contributed by atoms with Gasteiger partial charge >= 0.3 is 0 Å². The van der Waals surface area contributed by atoms with Gasteiger partial charge in [0.1, 0.15) is 0 Å². The Morgan fingerprint density at radius 2 is 1.90 bits per heavy atom. The first-order valence-corrected chi connectivity index (χ1v) is 7.20. The highest BCUT2D eigenvalue weighted by Crippen LogP contribution is 2.30. The Morgan fingerprint density at radius 1 is 1.10 bits per heavy atom. The number of nitrogens with two attached hydrogens (primary N) is 1. The summed E-state index contributed by atoms with van der Waals surface area (Å²) in [6.45, 7) is 0. The average Bonchev–Trinajstić information content (AvgIpc) is 2.53. The number of anilines is 3. The van der Waals surface area contributed by atoms with E-state index in [0.29, 0.717) is 17.2 Å².